The van der Waals surface area contributed by atoms with Gasteiger partial charge in [0, 0.05) is 19.1 Å². The normalized spacial score (nSPS) is 19.5. The number of hydrogen-bond acceptors (Lipinski definition) is 3. The average Bonchev–Trinajstić information content (AvgIpc) is 2.75. The summed E-state index contributed by atoms with van der Waals surface area (Å²) in [5.74, 6) is 0.638. The van der Waals surface area contributed by atoms with Crippen LogP contribution in [-0.2, 0) is 0 Å². The van der Waals surface area contributed by atoms with Crippen molar-refractivity contribution in [3.8, 4) is 5.75 Å². The minimum absolute atomic E-state index is 0.0125. The third-order valence-electron chi connectivity index (χ3n) is 3.10. The van der Waals surface area contributed by atoms with E-state index in [2.05, 4.69) is 0 Å². The van der Waals surface area contributed by atoms with Crippen LogP contribution in [0.4, 0.5) is 0 Å². The largest absolute Gasteiger partial charge is 0.496 e. The highest BCUT2D eigenvalue weighted by molar-refractivity contribution is 5.97. The Kier molecular flexibility index (Phi) is 3.33. The predicted octanol–water partition coefficient (Wildman–Crippen LogP) is 1.18. The van der Waals surface area contributed by atoms with Gasteiger partial charge in [0.25, 0.3) is 5.91 Å². The van der Waals surface area contributed by atoms with Crippen molar-refractivity contribution < 1.29 is 9.53 Å². The van der Waals surface area contributed by atoms with Crippen LogP contribution in [0, 0.1) is 6.92 Å². The summed E-state index contributed by atoms with van der Waals surface area (Å²) in [6.45, 7) is 3.33. The van der Waals surface area contributed by atoms with Crippen molar-refractivity contribution in [1.29, 1.82) is 0 Å². The summed E-state index contributed by atoms with van der Waals surface area (Å²) in [7, 11) is 1.58. The number of benzene rings is 1. The number of methoxy groups -OCH3 is 1. The maximum atomic E-state index is 12.3. The number of aryl methyl sites for hydroxylation is 1. The van der Waals surface area contributed by atoms with Crippen LogP contribution in [0.1, 0.15) is 22.3 Å². The molecule has 1 saturated heterocycles. The summed E-state index contributed by atoms with van der Waals surface area (Å²) >= 11 is 0. The fraction of sp³-hybridized carbons (Fsp3) is 0.462. The highest BCUT2D eigenvalue weighted by atomic mass is 16.5. The topological polar surface area (TPSA) is 55.6 Å². The van der Waals surface area contributed by atoms with Gasteiger partial charge in [0.1, 0.15) is 5.75 Å². The summed E-state index contributed by atoms with van der Waals surface area (Å²) in [4.78, 5) is 14.1. The van der Waals surface area contributed by atoms with Crippen molar-refractivity contribution in [1.82, 2.24) is 4.90 Å². The van der Waals surface area contributed by atoms with Crippen LogP contribution in [0.3, 0.4) is 0 Å². The van der Waals surface area contributed by atoms with E-state index in [1.54, 1.807) is 12.0 Å². The van der Waals surface area contributed by atoms with Gasteiger partial charge in [-0.15, -0.1) is 0 Å². The van der Waals surface area contributed by atoms with Gasteiger partial charge >= 0.3 is 0 Å². The second-order valence-electron chi connectivity index (χ2n) is 4.50. The van der Waals surface area contributed by atoms with Crippen molar-refractivity contribution in [2.75, 3.05) is 20.2 Å². The molecule has 2 N–H and O–H groups in total. The second-order valence-corrected chi connectivity index (χ2v) is 4.50. The van der Waals surface area contributed by atoms with Crippen LogP contribution in [0.5, 0.6) is 5.75 Å². The van der Waals surface area contributed by atoms with E-state index in [1.807, 2.05) is 25.1 Å². The standard InChI is InChI=1S/C13H18N2O2/c1-9-3-4-12(17-2)11(7-9)13(16)15-6-5-10(14)8-15/h3-4,7,10H,5-6,8,14H2,1-2H3/t10-/m0/s1. The number of likely N-dealkylation sites (tertiary alicyclic amines) is 1. The zero-order valence-electron chi connectivity index (χ0n) is 10.3. The van der Waals surface area contributed by atoms with Crippen LogP contribution in [-0.4, -0.2) is 37.0 Å². The molecule has 0 saturated carbocycles. The lowest BCUT2D eigenvalue weighted by molar-refractivity contribution is 0.0787. The van der Waals surface area contributed by atoms with Crippen molar-refractivity contribution in [2.24, 2.45) is 5.73 Å². The molecule has 4 nitrogen and oxygen atoms in total. The van der Waals surface area contributed by atoms with E-state index < -0.39 is 0 Å². The van der Waals surface area contributed by atoms with Crippen LogP contribution in [0.25, 0.3) is 0 Å². The number of carbonyl (C=O) groups excluding carboxylic acids is 1. The van der Waals surface area contributed by atoms with E-state index >= 15 is 0 Å². The first-order valence-electron chi connectivity index (χ1n) is 5.81. The van der Waals surface area contributed by atoms with Gasteiger partial charge in [-0.05, 0) is 25.5 Å². The van der Waals surface area contributed by atoms with Crippen molar-refractivity contribution in [2.45, 2.75) is 19.4 Å². The molecule has 0 aliphatic carbocycles. The monoisotopic (exact) mass is 234 g/mol. The molecule has 0 unspecified atom stereocenters. The Hall–Kier alpha value is -1.55. The van der Waals surface area contributed by atoms with Gasteiger partial charge in [0.15, 0.2) is 0 Å². The molecule has 1 heterocycles. The minimum Gasteiger partial charge on any atom is -0.496 e. The highest BCUT2D eigenvalue weighted by Crippen LogP contribution is 2.23. The van der Waals surface area contributed by atoms with Crippen molar-refractivity contribution in [3.05, 3.63) is 29.3 Å². The van der Waals surface area contributed by atoms with E-state index in [9.17, 15) is 4.79 Å². The van der Waals surface area contributed by atoms with Gasteiger partial charge in [-0.3, -0.25) is 4.79 Å². The lowest BCUT2D eigenvalue weighted by Crippen LogP contribution is -2.32. The smallest absolute Gasteiger partial charge is 0.257 e. The molecule has 0 spiro atoms. The Morgan fingerprint density at radius 3 is 2.88 bits per heavy atom. The summed E-state index contributed by atoms with van der Waals surface area (Å²) in [6, 6.07) is 5.74. The molecule has 1 atom stereocenters. The lowest BCUT2D eigenvalue weighted by Gasteiger charge is -2.17. The summed E-state index contributed by atoms with van der Waals surface area (Å²) in [6.07, 6.45) is 0.875. The Labute approximate surface area is 101 Å². The quantitative estimate of drug-likeness (QED) is 0.836. The highest BCUT2D eigenvalue weighted by Gasteiger charge is 2.26. The Morgan fingerprint density at radius 2 is 2.29 bits per heavy atom. The number of nitrogens with zero attached hydrogens (tertiary/aromatic N) is 1. The van der Waals surface area contributed by atoms with Gasteiger partial charge in [-0.2, -0.15) is 0 Å². The number of carbonyl (C=O) groups is 1. The van der Waals surface area contributed by atoms with Crippen LogP contribution in [0.15, 0.2) is 18.2 Å². The summed E-state index contributed by atoms with van der Waals surface area (Å²) in [5.41, 5.74) is 7.50. The first-order valence-corrected chi connectivity index (χ1v) is 5.81. The minimum atomic E-state index is 0.0125. The molecular formula is C13H18N2O2. The zero-order chi connectivity index (χ0) is 12.4. The molecular weight excluding hydrogens is 216 g/mol. The predicted molar refractivity (Wildman–Crippen MR) is 66.2 cm³/mol. The molecule has 1 amide bonds. The molecule has 17 heavy (non-hydrogen) atoms. The van der Waals surface area contributed by atoms with Gasteiger partial charge in [0.05, 0.1) is 12.7 Å². The molecule has 1 aliphatic rings. The Balaban J connectivity index is 2.26. The Morgan fingerprint density at radius 1 is 1.53 bits per heavy atom. The molecule has 1 aromatic carbocycles. The van der Waals surface area contributed by atoms with E-state index in [1.165, 1.54) is 0 Å². The molecule has 1 aliphatic heterocycles. The molecule has 4 heteroatoms. The number of ether oxygens (including phenoxy) is 1. The molecule has 2 rings (SSSR count). The third kappa shape index (κ3) is 2.42. The third-order valence-corrected chi connectivity index (χ3v) is 3.10. The van der Waals surface area contributed by atoms with Crippen LogP contribution < -0.4 is 10.5 Å². The maximum absolute atomic E-state index is 12.3. The molecule has 1 fully saturated rings. The van der Waals surface area contributed by atoms with Gasteiger partial charge < -0.3 is 15.4 Å². The SMILES string of the molecule is COc1ccc(C)cc1C(=O)N1CC[C@H](N)C1. The van der Waals surface area contributed by atoms with Gasteiger partial charge in [0.2, 0.25) is 0 Å². The number of hydrogen-bond donors (Lipinski definition) is 1. The lowest BCUT2D eigenvalue weighted by atomic mass is 10.1. The maximum Gasteiger partial charge on any atom is 0.257 e. The van der Waals surface area contributed by atoms with E-state index in [4.69, 9.17) is 10.5 Å². The molecule has 0 bridgehead atoms. The Bertz CT molecular complexity index is 431. The van der Waals surface area contributed by atoms with Gasteiger partial charge in [-0.25, -0.2) is 0 Å². The number of nitrogens with two attached hydrogens (primary N) is 1. The zero-order valence-corrected chi connectivity index (χ0v) is 10.3. The van der Waals surface area contributed by atoms with E-state index in [0.717, 1.165) is 18.5 Å². The molecule has 0 radical (unpaired) electrons. The molecule has 0 aromatic heterocycles. The van der Waals surface area contributed by atoms with Crippen LogP contribution >= 0.6 is 0 Å². The average molecular weight is 234 g/mol. The van der Waals surface area contributed by atoms with Crippen molar-refractivity contribution in [3.63, 3.8) is 0 Å². The number of rotatable bonds is 2. The fourth-order valence-electron chi connectivity index (χ4n) is 2.13. The summed E-state index contributed by atoms with van der Waals surface area (Å²) < 4.78 is 5.23. The van der Waals surface area contributed by atoms with Gasteiger partial charge in [-0.1, -0.05) is 11.6 Å². The molecule has 92 valence electrons. The fourth-order valence-corrected chi connectivity index (χ4v) is 2.13. The van der Waals surface area contributed by atoms with Crippen molar-refractivity contribution >= 4 is 5.91 Å². The summed E-state index contributed by atoms with van der Waals surface area (Å²) in [5, 5.41) is 0. The first-order chi connectivity index (χ1) is 8.11. The number of amides is 1. The van der Waals surface area contributed by atoms with E-state index in [0.29, 0.717) is 17.9 Å². The first kappa shape index (κ1) is 11.9. The molecule has 1 aromatic rings. The van der Waals surface area contributed by atoms with Crippen LogP contribution in [0.2, 0.25) is 0 Å². The second kappa shape index (κ2) is 4.75. The van der Waals surface area contributed by atoms with E-state index in [-0.39, 0.29) is 11.9 Å².